The first-order valence-corrected chi connectivity index (χ1v) is 9.48. The third kappa shape index (κ3) is 4.77. The fourth-order valence-electron chi connectivity index (χ4n) is 2.83. The zero-order valence-corrected chi connectivity index (χ0v) is 15.4. The van der Waals surface area contributed by atoms with E-state index in [9.17, 15) is 9.18 Å². The molecule has 26 heavy (non-hydrogen) atoms. The number of hydrogen-bond donors (Lipinski definition) is 2. The van der Waals surface area contributed by atoms with Crippen molar-refractivity contribution in [1.29, 1.82) is 0 Å². The third-order valence-corrected chi connectivity index (χ3v) is 5.26. The Hall–Kier alpha value is -2.50. The SMILES string of the molecule is C[C@H]([NH2+]CC(=O)N[C@@H](c1ccc(F)cc1)c1cccs1)c1ccccc1. The summed E-state index contributed by atoms with van der Waals surface area (Å²) >= 11 is 1.57. The van der Waals surface area contributed by atoms with Crippen LogP contribution in [-0.2, 0) is 4.79 Å². The van der Waals surface area contributed by atoms with Crippen LogP contribution in [0.2, 0.25) is 0 Å². The molecule has 0 aliphatic heterocycles. The van der Waals surface area contributed by atoms with E-state index in [0.29, 0.717) is 6.54 Å². The monoisotopic (exact) mass is 369 g/mol. The van der Waals surface area contributed by atoms with E-state index in [1.165, 1.54) is 17.7 Å². The Morgan fingerprint density at radius 2 is 1.77 bits per heavy atom. The van der Waals surface area contributed by atoms with Gasteiger partial charge in [0.15, 0.2) is 6.54 Å². The van der Waals surface area contributed by atoms with Crippen LogP contribution in [0.1, 0.15) is 35.0 Å². The zero-order chi connectivity index (χ0) is 18.4. The molecule has 0 saturated heterocycles. The molecule has 0 radical (unpaired) electrons. The minimum atomic E-state index is -0.282. The molecular weight excluding hydrogens is 347 g/mol. The molecule has 3 nitrogen and oxygen atoms in total. The third-order valence-electron chi connectivity index (χ3n) is 4.32. The molecule has 0 spiro atoms. The summed E-state index contributed by atoms with van der Waals surface area (Å²) in [5, 5.41) is 7.07. The Morgan fingerprint density at radius 3 is 2.42 bits per heavy atom. The Balaban J connectivity index is 1.65. The number of thiophene rings is 1. The molecule has 1 amide bonds. The number of hydrogen-bond acceptors (Lipinski definition) is 2. The van der Waals surface area contributed by atoms with Crippen LogP contribution in [0, 0.1) is 5.82 Å². The average molecular weight is 369 g/mol. The Morgan fingerprint density at radius 1 is 1.04 bits per heavy atom. The van der Waals surface area contributed by atoms with Crippen LogP contribution in [0.15, 0.2) is 72.1 Å². The van der Waals surface area contributed by atoms with Gasteiger partial charge in [0, 0.05) is 10.4 Å². The van der Waals surface area contributed by atoms with Crippen LogP contribution < -0.4 is 10.6 Å². The largest absolute Gasteiger partial charge is 0.339 e. The minimum Gasteiger partial charge on any atom is -0.339 e. The van der Waals surface area contributed by atoms with Crippen molar-refractivity contribution in [1.82, 2.24) is 5.32 Å². The maximum absolute atomic E-state index is 13.2. The normalized spacial score (nSPS) is 13.2. The quantitative estimate of drug-likeness (QED) is 0.659. The average Bonchev–Trinajstić information content (AvgIpc) is 3.20. The molecule has 3 aromatic rings. The second-order valence-corrected chi connectivity index (χ2v) is 7.19. The molecule has 5 heteroatoms. The van der Waals surface area contributed by atoms with Gasteiger partial charge in [-0.15, -0.1) is 11.3 Å². The Labute approximate surface area is 156 Å². The Kier molecular flexibility index (Phi) is 6.15. The van der Waals surface area contributed by atoms with Gasteiger partial charge in [0.25, 0.3) is 5.91 Å². The maximum Gasteiger partial charge on any atom is 0.275 e. The van der Waals surface area contributed by atoms with E-state index in [-0.39, 0.29) is 23.8 Å². The van der Waals surface area contributed by atoms with Crippen molar-refractivity contribution in [3.63, 3.8) is 0 Å². The van der Waals surface area contributed by atoms with Gasteiger partial charge >= 0.3 is 0 Å². The van der Waals surface area contributed by atoms with Crippen molar-refractivity contribution in [3.05, 3.63) is 93.9 Å². The number of benzene rings is 2. The number of carbonyl (C=O) groups excluding carboxylic acids is 1. The lowest BCUT2D eigenvalue weighted by Gasteiger charge is -2.18. The van der Waals surface area contributed by atoms with Crippen molar-refractivity contribution >= 4 is 17.2 Å². The number of halogens is 1. The lowest BCUT2D eigenvalue weighted by Crippen LogP contribution is -2.87. The molecule has 2 aromatic carbocycles. The summed E-state index contributed by atoms with van der Waals surface area (Å²) in [6.45, 7) is 2.42. The summed E-state index contributed by atoms with van der Waals surface area (Å²) in [6.07, 6.45) is 0. The molecule has 3 N–H and O–H groups in total. The van der Waals surface area contributed by atoms with Gasteiger partial charge in [-0.2, -0.15) is 0 Å². The predicted octanol–water partition coefficient (Wildman–Crippen LogP) is 3.42. The Bertz CT molecular complexity index is 819. The van der Waals surface area contributed by atoms with Crippen molar-refractivity contribution in [3.8, 4) is 0 Å². The number of nitrogens with two attached hydrogens (primary N) is 1. The summed E-state index contributed by atoms with van der Waals surface area (Å²) < 4.78 is 13.2. The first-order valence-electron chi connectivity index (χ1n) is 8.60. The number of quaternary nitrogens is 1. The first kappa shape index (κ1) is 18.3. The van der Waals surface area contributed by atoms with Crippen LogP contribution in [0.5, 0.6) is 0 Å². The van der Waals surface area contributed by atoms with E-state index < -0.39 is 0 Å². The van der Waals surface area contributed by atoms with Crippen molar-refractivity contribution < 1.29 is 14.5 Å². The van der Waals surface area contributed by atoms with Crippen LogP contribution in [0.25, 0.3) is 0 Å². The molecule has 1 aromatic heterocycles. The van der Waals surface area contributed by atoms with Crippen molar-refractivity contribution in [2.45, 2.75) is 19.0 Å². The number of amides is 1. The van der Waals surface area contributed by atoms with E-state index in [1.807, 2.05) is 41.0 Å². The second kappa shape index (κ2) is 8.74. The standard InChI is InChI=1S/C21H21FN2OS/c1-15(16-6-3-2-4-7-16)23-14-20(25)24-21(19-8-5-13-26-19)17-9-11-18(22)12-10-17/h2-13,15,21,23H,14H2,1H3,(H,24,25)/p+1/t15-,21-/m0/s1. The number of nitrogens with one attached hydrogen (secondary N) is 1. The molecule has 2 atom stereocenters. The molecule has 0 fully saturated rings. The van der Waals surface area contributed by atoms with Crippen LogP contribution in [-0.4, -0.2) is 12.5 Å². The van der Waals surface area contributed by atoms with E-state index >= 15 is 0 Å². The molecular formula is C21H22FN2OS+. The predicted molar refractivity (Wildman–Crippen MR) is 102 cm³/mol. The van der Waals surface area contributed by atoms with Gasteiger partial charge in [-0.05, 0) is 36.1 Å². The highest BCUT2D eigenvalue weighted by molar-refractivity contribution is 7.10. The van der Waals surface area contributed by atoms with Gasteiger partial charge in [-0.1, -0.05) is 48.5 Å². The van der Waals surface area contributed by atoms with Gasteiger partial charge in [-0.3, -0.25) is 4.79 Å². The fourth-order valence-corrected chi connectivity index (χ4v) is 3.63. The summed E-state index contributed by atoms with van der Waals surface area (Å²) in [7, 11) is 0. The van der Waals surface area contributed by atoms with E-state index in [0.717, 1.165) is 10.4 Å². The van der Waals surface area contributed by atoms with Crippen molar-refractivity contribution in [2.24, 2.45) is 0 Å². The molecule has 134 valence electrons. The number of rotatable bonds is 7. The summed E-state index contributed by atoms with van der Waals surface area (Å²) in [5.74, 6) is -0.328. The fraction of sp³-hybridized carbons (Fsp3) is 0.190. The van der Waals surface area contributed by atoms with Crippen LogP contribution in [0.4, 0.5) is 4.39 Å². The minimum absolute atomic E-state index is 0.0458. The zero-order valence-electron chi connectivity index (χ0n) is 14.6. The second-order valence-electron chi connectivity index (χ2n) is 6.21. The lowest BCUT2D eigenvalue weighted by molar-refractivity contribution is -0.682. The van der Waals surface area contributed by atoms with Gasteiger partial charge < -0.3 is 10.6 Å². The van der Waals surface area contributed by atoms with E-state index in [1.54, 1.807) is 23.5 Å². The van der Waals surface area contributed by atoms with Gasteiger partial charge in [0.1, 0.15) is 11.9 Å². The van der Waals surface area contributed by atoms with Crippen LogP contribution >= 0.6 is 11.3 Å². The smallest absolute Gasteiger partial charge is 0.275 e. The van der Waals surface area contributed by atoms with E-state index in [2.05, 4.69) is 24.4 Å². The van der Waals surface area contributed by atoms with E-state index in [4.69, 9.17) is 0 Å². The number of carbonyl (C=O) groups is 1. The highest BCUT2D eigenvalue weighted by Crippen LogP contribution is 2.26. The van der Waals surface area contributed by atoms with Gasteiger partial charge in [-0.25, -0.2) is 4.39 Å². The molecule has 0 bridgehead atoms. The van der Waals surface area contributed by atoms with Gasteiger partial charge in [0.05, 0.1) is 6.04 Å². The molecule has 3 rings (SSSR count). The maximum atomic E-state index is 13.2. The highest BCUT2D eigenvalue weighted by Gasteiger charge is 2.19. The van der Waals surface area contributed by atoms with Crippen molar-refractivity contribution in [2.75, 3.05) is 6.54 Å². The molecule has 1 heterocycles. The molecule has 0 aliphatic carbocycles. The molecule has 0 aliphatic rings. The topological polar surface area (TPSA) is 45.7 Å². The van der Waals surface area contributed by atoms with Gasteiger partial charge in [0.2, 0.25) is 0 Å². The summed E-state index contributed by atoms with van der Waals surface area (Å²) in [4.78, 5) is 13.5. The molecule has 0 unspecified atom stereocenters. The summed E-state index contributed by atoms with van der Waals surface area (Å²) in [5.41, 5.74) is 2.06. The first-order chi connectivity index (χ1) is 12.6. The summed E-state index contributed by atoms with van der Waals surface area (Å²) in [6, 6.07) is 20.3. The molecule has 0 saturated carbocycles. The van der Waals surface area contributed by atoms with Crippen LogP contribution in [0.3, 0.4) is 0 Å². The highest BCUT2D eigenvalue weighted by atomic mass is 32.1. The lowest BCUT2D eigenvalue weighted by atomic mass is 10.1.